The number of nitrogens with one attached hydrogen (secondary N) is 1. The summed E-state index contributed by atoms with van der Waals surface area (Å²) in [5.41, 5.74) is 2.64. The van der Waals surface area contributed by atoms with Crippen LogP contribution in [-0.4, -0.2) is 57.6 Å². The molecule has 3 aromatic rings. The van der Waals surface area contributed by atoms with Crippen molar-refractivity contribution in [3.63, 3.8) is 0 Å². The number of halogens is 1. The van der Waals surface area contributed by atoms with Gasteiger partial charge in [-0.15, -0.1) is 0 Å². The molecule has 2 aromatic carbocycles. The molecule has 1 N–H and O–H groups in total. The number of piperidine rings is 1. The van der Waals surface area contributed by atoms with Gasteiger partial charge in [0.2, 0.25) is 10.0 Å². The van der Waals surface area contributed by atoms with Gasteiger partial charge in [0.1, 0.15) is 22.5 Å². The van der Waals surface area contributed by atoms with Crippen molar-refractivity contribution in [3.05, 3.63) is 65.3 Å². The summed E-state index contributed by atoms with van der Waals surface area (Å²) < 4.78 is 38.6. The van der Waals surface area contributed by atoms with Gasteiger partial charge in [-0.3, -0.25) is 0 Å². The number of fused-ring (bicyclic) bond motifs is 1. The van der Waals surface area contributed by atoms with Crippen LogP contribution in [0.5, 0.6) is 11.5 Å². The van der Waals surface area contributed by atoms with Gasteiger partial charge in [0.25, 0.3) is 0 Å². The lowest BCUT2D eigenvalue weighted by Gasteiger charge is -2.34. The molecule has 1 saturated heterocycles. The van der Waals surface area contributed by atoms with E-state index in [1.165, 1.54) is 24.6 Å². The van der Waals surface area contributed by atoms with Crippen molar-refractivity contribution in [2.75, 3.05) is 44.0 Å². The van der Waals surface area contributed by atoms with Crippen molar-refractivity contribution >= 4 is 38.8 Å². The molecule has 2 aliphatic rings. The van der Waals surface area contributed by atoms with Gasteiger partial charge in [-0.2, -0.15) is 0 Å². The Morgan fingerprint density at radius 2 is 1.86 bits per heavy atom. The predicted octanol–water partition coefficient (Wildman–Crippen LogP) is 4.71. The van der Waals surface area contributed by atoms with Gasteiger partial charge in [-0.25, -0.2) is 17.7 Å². The maximum absolute atomic E-state index is 12.8. The minimum Gasteiger partial charge on any atom is -0.493 e. The van der Waals surface area contributed by atoms with Crippen molar-refractivity contribution in [1.82, 2.24) is 9.29 Å². The number of hydrogen-bond donors (Lipinski definition) is 1. The fraction of sp³-hybridized carbons (Fsp3) is 0.346. The number of sulfonamides is 1. The third kappa shape index (κ3) is 5.23. The standard InChI is InChI=1S/C26H29ClN4O4S/c1-30(2)36(32,33)23-16-24(29-20-5-8-25-18(15-20)11-14-34-25)26(28-17-23)31-12-9-22(10-13-31)35-21-6-3-19(27)4-7-21/h3-8,15-17,22,29H,9-14H2,1-2H3. The van der Waals surface area contributed by atoms with Crippen molar-refractivity contribution in [2.24, 2.45) is 0 Å². The Bertz CT molecular complexity index is 1340. The van der Waals surface area contributed by atoms with Gasteiger partial charge in [0, 0.05) is 63.4 Å². The van der Waals surface area contributed by atoms with E-state index in [1.807, 2.05) is 42.5 Å². The van der Waals surface area contributed by atoms with E-state index < -0.39 is 10.0 Å². The Labute approximate surface area is 216 Å². The van der Waals surface area contributed by atoms with Crippen molar-refractivity contribution in [2.45, 2.75) is 30.3 Å². The average molecular weight is 529 g/mol. The number of pyridine rings is 1. The summed E-state index contributed by atoms with van der Waals surface area (Å²) in [5, 5.41) is 4.10. The molecule has 0 aliphatic carbocycles. The zero-order valence-electron chi connectivity index (χ0n) is 20.3. The summed E-state index contributed by atoms with van der Waals surface area (Å²) in [6.07, 6.45) is 4.01. The zero-order chi connectivity index (χ0) is 25.3. The molecule has 0 atom stereocenters. The van der Waals surface area contributed by atoms with E-state index in [2.05, 4.69) is 15.2 Å². The minimum absolute atomic E-state index is 0.0870. The van der Waals surface area contributed by atoms with Crippen LogP contribution in [-0.2, 0) is 16.4 Å². The van der Waals surface area contributed by atoms with Crippen molar-refractivity contribution < 1.29 is 17.9 Å². The molecule has 0 radical (unpaired) electrons. The smallest absolute Gasteiger partial charge is 0.244 e. The molecule has 0 amide bonds. The summed E-state index contributed by atoms with van der Waals surface area (Å²) in [4.78, 5) is 6.93. The molecule has 1 fully saturated rings. The van der Waals surface area contributed by atoms with Gasteiger partial charge in [0.15, 0.2) is 5.82 Å². The monoisotopic (exact) mass is 528 g/mol. The lowest BCUT2D eigenvalue weighted by atomic mass is 10.1. The summed E-state index contributed by atoms with van der Waals surface area (Å²) in [6.45, 7) is 2.14. The fourth-order valence-electron chi connectivity index (χ4n) is 4.45. The first-order chi connectivity index (χ1) is 17.3. The lowest BCUT2D eigenvalue weighted by Crippen LogP contribution is -2.39. The first-order valence-electron chi connectivity index (χ1n) is 11.9. The SMILES string of the molecule is CN(C)S(=O)(=O)c1cnc(N2CCC(Oc3ccc(Cl)cc3)CC2)c(Nc2ccc3c(c2)CCO3)c1. The van der Waals surface area contributed by atoms with Crippen molar-refractivity contribution in [3.8, 4) is 11.5 Å². The normalized spacial score (nSPS) is 16.1. The largest absolute Gasteiger partial charge is 0.493 e. The fourth-order valence-corrected chi connectivity index (χ4v) is 5.45. The molecule has 0 unspecified atom stereocenters. The van der Waals surface area contributed by atoms with Crippen LogP contribution in [0.15, 0.2) is 59.6 Å². The Morgan fingerprint density at radius 3 is 2.58 bits per heavy atom. The van der Waals surface area contributed by atoms with Crippen LogP contribution in [0.1, 0.15) is 18.4 Å². The molecule has 1 aromatic heterocycles. The van der Waals surface area contributed by atoms with Crippen LogP contribution in [0, 0.1) is 0 Å². The molecule has 5 rings (SSSR count). The highest BCUT2D eigenvalue weighted by molar-refractivity contribution is 7.89. The first kappa shape index (κ1) is 24.7. The summed E-state index contributed by atoms with van der Waals surface area (Å²) in [6, 6.07) is 15.0. The quantitative estimate of drug-likeness (QED) is 0.475. The Kier molecular flexibility index (Phi) is 6.96. The van der Waals surface area contributed by atoms with E-state index >= 15 is 0 Å². The second-order valence-corrected chi connectivity index (χ2v) is 11.7. The molecule has 10 heteroatoms. The van der Waals surface area contributed by atoms with E-state index in [4.69, 9.17) is 21.1 Å². The molecule has 2 aliphatic heterocycles. The number of ether oxygens (including phenoxy) is 2. The van der Waals surface area contributed by atoms with Gasteiger partial charge >= 0.3 is 0 Å². The van der Waals surface area contributed by atoms with Crippen LogP contribution in [0.2, 0.25) is 5.02 Å². The zero-order valence-corrected chi connectivity index (χ0v) is 21.8. The molecule has 190 valence electrons. The van der Waals surface area contributed by atoms with Gasteiger partial charge < -0.3 is 19.7 Å². The maximum Gasteiger partial charge on any atom is 0.244 e. The Hall–Kier alpha value is -3.01. The topological polar surface area (TPSA) is 84.0 Å². The van der Waals surface area contributed by atoms with Gasteiger partial charge in [-0.1, -0.05) is 11.6 Å². The third-order valence-electron chi connectivity index (χ3n) is 6.45. The molecule has 0 saturated carbocycles. The summed E-state index contributed by atoms with van der Waals surface area (Å²) >= 11 is 5.98. The van der Waals surface area contributed by atoms with E-state index in [9.17, 15) is 8.42 Å². The van der Waals surface area contributed by atoms with Crippen LogP contribution in [0.3, 0.4) is 0 Å². The molecule has 3 heterocycles. The maximum atomic E-state index is 12.8. The van der Waals surface area contributed by atoms with E-state index in [1.54, 1.807) is 6.07 Å². The molecule has 0 bridgehead atoms. The highest BCUT2D eigenvalue weighted by Gasteiger charge is 2.26. The predicted molar refractivity (Wildman–Crippen MR) is 141 cm³/mol. The second kappa shape index (κ2) is 10.2. The van der Waals surface area contributed by atoms with E-state index in [0.717, 1.165) is 60.9 Å². The van der Waals surface area contributed by atoms with E-state index in [0.29, 0.717) is 17.3 Å². The summed E-state index contributed by atoms with van der Waals surface area (Å²) in [5.74, 6) is 2.41. The van der Waals surface area contributed by atoms with E-state index in [-0.39, 0.29) is 11.0 Å². The molecule has 0 spiro atoms. The molecule has 8 nitrogen and oxygen atoms in total. The Balaban J connectivity index is 1.38. The number of benzene rings is 2. The Morgan fingerprint density at radius 1 is 1.11 bits per heavy atom. The number of hydrogen-bond acceptors (Lipinski definition) is 7. The van der Waals surface area contributed by atoms with Gasteiger partial charge in [-0.05, 0) is 54.1 Å². The van der Waals surface area contributed by atoms with Gasteiger partial charge in [0.05, 0.1) is 12.3 Å². The van der Waals surface area contributed by atoms with Crippen LogP contribution in [0.4, 0.5) is 17.2 Å². The average Bonchev–Trinajstić information content (AvgIpc) is 3.34. The van der Waals surface area contributed by atoms with Crippen LogP contribution in [0.25, 0.3) is 0 Å². The van der Waals surface area contributed by atoms with Crippen LogP contribution < -0.4 is 19.7 Å². The number of aromatic nitrogens is 1. The molecular weight excluding hydrogens is 500 g/mol. The number of anilines is 3. The lowest BCUT2D eigenvalue weighted by molar-refractivity contribution is 0.171. The summed E-state index contributed by atoms with van der Waals surface area (Å²) in [7, 11) is -0.600. The second-order valence-electron chi connectivity index (χ2n) is 9.13. The van der Waals surface area contributed by atoms with Crippen molar-refractivity contribution in [1.29, 1.82) is 0 Å². The molecule has 36 heavy (non-hydrogen) atoms. The highest BCUT2D eigenvalue weighted by atomic mass is 35.5. The number of rotatable bonds is 7. The third-order valence-corrected chi connectivity index (χ3v) is 8.48. The highest BCUT2D eigenvalue weighted by Crippen LogP contribution is 2.34. The molecular formula is C26H29ClN4O4S. The minimum atomic E-state index is -3.63. The number of nitrogens with zero attached hydrogens (tertiary/aromatic N) is 3. The van der Waals surface area contributed by atoms with Crippen LogP contribution >= 0.6 is 11.6 Å². The first-order valence-corrected chi connectivity index (χ1v) is 13.7.